The molecule has 6 heteroatoms. The second kappa shape index (κ2) is 7.99. The molecule has 0 saturated carbocycles. The molecule has 0 bridgehead atoms. The predicted octanol–water partition coefficient (Wildman–Crippen LogP) is 0.675. The maximum atomic E-state index is 11.9. The summed E-state index contributed by atoms with van der Waals surface area (Å²) in [7, 11) is 0. The zero-order valence-corrected chi connectivity index (χ0v) is 12.1. The Morgan fingerprint density at radius 1 is 1.16 bits per heavy atom. The number of carbonyl (C=O) groups excluding carboxylic acids is 2. The minimum Gasteiger partial charge on any atom is -0.450 e. The van der Waals surface area contributed by atoms with E-state index in [2.05, 4.69) is 19.2 Å². The summed E-state index contributed by atoms with van der Waals surface area (Å²) in [5, 5.41) is 3.23. The van der Waals surface area contributed by atoms with Gasteiger partial charge in [0.1, 0.15) is 0 Å². The quantitative estimate of drug-likeness (QED) is 0.798. The SMILES string of the molecule is CCOC(=O)N1CCN(C(=O)CCNC(C)C)CC1. The molecule has 0 unspecified atom stereocenters. The molecule has 1 fully saturated rings. The molecule has 1 N–H and O–H groups in total. The number of nitrogens with one attached hydrogen (secondary N) is 1. The highest BCUT2D eigenvalue weighted by Gasteiger charge is 2.24. The van der Waals surface area contributed by atoms with Crippen molar-refractivity contribution in [3.8, 4) is 0 Å². The Hall–Kier alpha value is -1.30. The summed E-state index contributed by atoms with van der Waals surface area (Å²) >= 11 is 0. The molecule has 0 aromatic carbocycles. The summed E-state index contributed by atoms with van der Waals surface area (Å²) in [4.78, 5) is 26.9. The van der Waals surface area contributed by atoms with Gasteiger partial charge in [0.25, 0.3) is 0 Å². The summed E-state index contributed by atoms with van der Waals surface area (Å²) < 4.78 is 4.94. The first kappa shape index (κ1) is 15.8. The van der Waals surface area contributed by atoms with Crippen LogP contribution in [0.1, 0.15) is 27.2 Å². The van der Waals surface area contributed by atoms with Gasteiger partial charge in [-0.3, -0.25) is 4.79 Å². The van der Waals surface area contributed by atoms with Crippen molar-refractivity contribution in [1.29, 1.82) is 0 Å². The number of piperazine rings is 1. The standard InChI is InChI=1S/C13H25N3O3/c1-4-19-13(18)16-9-7-15(8-10-16)12(17)5-6-14-11(2)3/h11,14H,4-10H2,1-3H3. The van der Waals surface area contributed by atoms with Gasteiger partial charge in [0.15, 0.2) is 0 Å². The Balaban J connectivity index is 2.25. The van der Waals surface area contributed by atoms with E-state index in [0.29, 0.717) is 51.8 Å². The summed E-state index contributed by atoms with van der Waals surface area (Å²) in [5.74, 6) is 0.150. The minimum absolute atomic E-state index is 0.150. The fourth-order valence-corrected chi connectivity index (χ4v) is 1.98. The number of nitrogens with zero attached hydrogens (tertiary/aromatic N) is 2. The van der Waals surface area contributed by atoms with E-state index in [1.165, 1.54) is 0 Å². The molecule has 0 aliphatic carbocycles. The lowest BCUT2D eigenvalue weighted by Crippen LogP contribution is -2.51. The number of rotatable bonds is 5. The summed E-state index contributed by atoms with van der Waals surface area (Å²) in [5.41, 5.74) is 0. The van der Waals surface area contributed by atoms with Crippen LogP contribution in [0.5, 0.6) is 0 Å². The first-order chi connectivity index (χ1) is 9.04. The monoisotopic (exact) mass is 271 g/mol. The third kappa shape index (κ3) is 5.46. The van der Waals surface area contributed by atoms with Crippen LogP contribution >= 0.6 is 0 Å². The summed E-state index contributed by atoms with van der Waals surface area (Å²) in [6, 6.07) is 0.397. The second-order valence-electron chi connectivity index (χ2n) is 4.93. The Kier molecular flexibility index (Phi) is 6.62. The Morgan fingerprint density at radius 3 is 2.26 bits per heavy atom. The van der Waals surface area contributed by atoms with Crippen LogP contribution in [0.3, 0.4) is 0 Å². The van der Waals surface area contributed by atoms with Gasteiger partial charge in [-0.05, 0) is 6.92 Å². The maximum absolute atomic E-state index is 11.9. The lowest BCUT2D eigenvalue weighted by atomic mass is 10.2. The van der Waals surface area contributed by atoms with E-state index in [1.54, 1.807) is 11.8 Å². The molecule has 1 aliphatic rings. The number of amides is 2. The van der Waals surface area contributed by atoms with E-state index >= 15 is 0 Å². The second-order valence-corrected chi connectivity index (χ2v) is 4.93. The van der Waals surface area contributed by atoms with Crippen LogP contribution in [0.2, 0.25) is 0 Å². The van der Waals surface area contributed by atoms with Crippen LogP contribution in [0.25, 0.3) is 0 Å². The molecule has 110 valence electrons. The van der Waals surface area contributed by atoms with Gasteiger partial charge in [0.2, 0.25) is 5.91 Å². The van der Waals surface area contributed by atoms with E-state index in [1.807, 2.05) is 4.90 Å². The molecule has 19 heavy (non-hydrogen) atoms. The summed E-state index contributed by atoms with van der Waals surface area (Å²) in [6.07, 6.45) is 0.230. The van der Waals surface area contributed by atoms with Crippen molar-refractivity contribution in [2.75, 3.05) is 39.3 Å². The van der Waals surface area contributed by atoms with Crippen LogP contribution in [0.15, 0.2) is 0 Å². The largest absolute Gasteiger partial charge is 0.450 e. The van der Waals surface area contributed by atoms with E-state index in [0.717, 1.165) is 0 Å². The van der Waals surface area contributed by atoms with Crippen LogP contribution in [-0.2, 0) is 9.53 Å². The molecule has 1 heterocycles. The molecule has 1 rings (SSSR count). The maximum Gasteiger partial charge on any atom is 0.409 e. The van der Waals surface area contributed by atoms with Crippen LogP contribution in [-0.4, -0.2) is 67.2 Å². The lowest BCUT2D eigenvalue weighted by Gasteiger charge is -2.34. The molecule has 0 spiro atoms. The van der Waals surface area contributed by atoms with Crippen molar-refractivity contribution in [2.45, 2.75) is 33.2 Å². The van der Waals surface area contributed by atoms with Crippen LogP contribution in [0, 0.1) is 0 Å². The summed E-state index contributed by atoms with van der Waals surface area (Å²) in [6.45, 7) is 9.31. The molecule has 0 radical (unpaired) electrons. The van der Waals surface area contributed by atoms with E-state index < -0.39 is 0 Å². The lowest BCUT2D eigenvalue weighted by molar-refractivity contribution is -0.132. The fourth-order valence-electron chi connectivity index (χ4n) is 1.98. The van der Waals surface area contributed by atoms with Gasteiger partial charge < -0.3 is 19.9 Å². The molecule has 6 nitrogen and oxygen atoms in total. The van der Waals surface area contributed by atoms with E-state index in [9.17, 15) is 9.59 Å². The number of carbonyl (C=O) groups is 2. The fraction of sp³-hybridized carbons (Fsp3) is 0.846. The van der Waals surface area contributed by atoms with Gasteiger partial charge in [-0.1, -0.05) is 13.8 Å². The molecule has 1 saturated heterocycles. The number of hydrogen-bond donors (Lipinski definition) is 1. The van der Waals surface area contributed by atoms with Crippen LogP contribution in [0.4, 0.5) is 4.79 Å². The highest BCUT2D eigenvalue weighted by Crippen LogP contribution is 2.05. The normalized spacial score (nSPS) is 15.8. The average Bonchev–Trinajstić information content (AvgIpc) is 2.38. The number of ether oxygens (including phenoxy) is 1. The van der Waals surface area contributed by atoms with Crippen molar-refractivity contribution in [1.82, 2.24) is 15.1 Å². The first-order valence-corrected chi connectivity index (χ1v) is 6.97. The van der Waals surface area contributed by atoms with Gasteiger partial charge in [-0.25, -0.2) is 4.79 Å². The smallest absolute Gasteiger partial charge is 0.409 e. The molecule has 1 aliphatic heterocycles. The van der Waals surface area contributed by atoms with Crippen molar-refractivity contribution in [3.05, 3.63) is 0 Å². The van der Waals surface area contributed by atoms with Gasteiger partial charge in [-0.15, -0.1) is 0 Å². The Bertz CT molecular complexity index is 300. The zero-order chi connectivity index (χ0) is 14.3. The third-order valence-electron chi connectivity index (χ3n) is 3.05. The van der Waals surface area contributed by atoms with E-state index in [-0.39, 0.29) is 12.0 Å². The molecule has 0 aromatic heterocycles. The van der Waals surface area contributed by atoms with Gasteiger partial charge in [0, 0.05) is 45.2 Å². The van der Waals surface area contributed by atoms with Crippen molar-refractivity contribution in [3.63, 3.8) is 0 Å². The zero-order valence-electron chi connectivity index (χ0n) is 12.1. The Labute approximate surface area is 115 Å². The molecular weight excluding hydrogens is 246 g/mol. The molecular formula is C13H25N3O3. The average molecular weight is 271 g/mol. The molecule has 0 atom stereocenters. The van der Waals surface area contributed by atoms with Gasteiger partial charge >= 0.3 is 6.09 Å². The predicted molar refractivity (Wildman–Crippen MR) is 72.9 cm³/mol. The van der Waals surface area contributed by atoms with Gasteiger partial charge in [0.05, 0.1) is 6.61 Å². The first-order valence-electron chi connectivity index (χ1n) is 6.97. The molecule has 0 aromatic rings. The third-order valence-corrected chi connectivity index (χ3v) is 3.05. The van der Waals surface area contributed by atoms with Crippen molar-refractivity contribution in [2.24, 2.45) is 0 Å². The Morgan fingerprint density at radius 2 is 1.74 bits per heavy atom. The van der Waals surface area contributed by atoms with Crippen molar-refractivity contribution >= 4 is 12.0 Å². The minimum atomic E-state index is -0.281. The highest BCUT2D eigenvalue weighted by molar-refractivity contribution is 5.77. The molecule has 2 amide bonds. The topological polar surface area (TPSA) is 61.9 Å². The highest BCUT2D eigenvalue weighted by atomic mass is 16.6. The van der Waals surface area contributed by atoms with Crippen LogP contribution < -0.4 is 5.32 Å². The van der Waals surface area contributed by atoms with Gasteiger partial charge in [-0.2, -0.15) is 0 Å². The number of hydrogen-bond acceptors (Lipinski definition) is 4. The van der Waals surface area contributed by atoms with E-state index in [4.69, 9.17) is 4.74 Å². The van der Waals surface area contributed by atoms with Crippen molar-refractivity contribution < 1.29 is 14.3 Å².